The van der Waals surface area contributed by atoms with Crippen molar-refractivity contribution in [1.82, 2.24) is 15.3 Å². The number of nitrogens with zero attached hydrogens (tertiary/aromatic N) is 1. The zero-order valence-electron chi connectivity index (χ0n) is 7.89. The molecule has 0 saturated carbocycles. The van der Waals surface area contributed by atoms with Gasteiger partial charge in [0.15, 0.2) is 0 Å². The summed E-state index contributed by atoms with van der Waals surface area (Å²) in [7, 11) is 1.94. The minimum absolute atomic E-state index is 0.869. The molecule has 3 heteroatoms. The Labute approximate surface area is 77.2 Å². The highest BCUT2D eigenvalue weighted by Gasteiger charge is 2.01. The lowest BCUT2D eigenvalue weighted by Gasteiger charge is -1.99. The van der Waals surface area contributed by atoms with Crippen LogP contribution in [0.1, 0.15) is 11.1 Å². The summed E-state index contributed by atoms with van der Waals surface area (Å²) < 4.78 is 0. The maximum atomic E-state index is 4.33. The van der Waals surface area contributed by atoms with E-state index in [4.69, 9.17) is 0 Å². The highest BCUT2D eigenvalue weighted by molar-refractivity contribution is 5.79. The fourth-order valence-corrected chi connectivity index (χ4v) is 1.48. The molecular weight excluding hydrogens is 162 g/mol. The molecule has 3 nitrogen and oxygen atoms in total. The van der Waals surface area contributed by atoms with Crippen LogP contribution in [0.3, 0.4) is 0 Å². The number of aromatic nitrogens is 2. The highest BCUT2D eigenvalue weighted by atomic mass is 14.9. The molecule has 0 aliphatic heterocycles. The van der Waals surface area contributed by atoms with E-state index in [-0.39, 0.29) is 0 Å². The Morgan fingerprint density at radius 3 is 3.15 bits per heavy atom. The average Bonchev–Trinajstić information content (AvgIpc) is 2.49. The summed E-state index contributed by atoms with van der Waals surface area (Å²) in [6.07, 6.45) is 3.88. The number of pyridine rings is 1. The van der Waals surface area contributed by atoms with Crippen LogP contribution < -0.4 is 5.32 Å². The summed E-state index contributed by atoms with van der Waals surface area (Å²) >= 11 is 0. The number of fused-ring (bicyclic) bond motifs is 1. The maximum Gasteiger partial charge on any atom is 0.137 e. The van der Waals surface area contributed by atoms with Crippen LogP contribution in [0.15, 0.2) is 18.5 Å². The fraction of sp³-hybridized carbons (Fsp3) is 0.300. The zero-order valence-corrected chi connectivity index (χ0v) is 7.89. The molecule has 0 spiro atoms. The third-order valence-corrected chi connectivity index (χ3v) is 2.18. The number of H-pyrrole nitrogens is 1. The summed E-state index contributed by atoms with van der Waals surface area (Å²) in [5, 5.41) is 4.33. The molecule has 2 aromatic heterocycles. The number of nitrogens with one attached hydrogen (secondary N) is 2. The largest absolute Gasteiger partial charge is 0.346 e. The van der Waals surface area contributed by atoms with Gasteiger partial charge in [0.1, 0.15) is 5.65 Å². The van der Waals surface area contributed by atoms with Crippen LogP contribution in [0.25, 0.3) is 11.0 Å². The Hall–Kier alpha value is -1.35. The van der Waals surface area contributed by atoms with E-state index in [0.717, 1.165) is 12.2 Å². The van der Waals surface area contributed by atoms with Crippen molar-refractivity contribution in [2.75, 3.05) is 7.05 Å². The predicted molar refractivity (Wildman–Crippen MR) is 53.6 cm³/mol. The van der Waals surface area contributed by atoms with Gasteiger partial charge in [-0.3, -0.25) is 0 Å². The molecule has 68 valence electrons. The topological polar surface area (TPSA) is 40.7 Å². The van der Waals surface area contributed by atoms with Gasteiger partial charge in [-0.2, -0.15) is 0 Å². The lowest BCUT2D eigenvalue weighted by molar-refractivity contribution is 0.815. The van der Waals surface area contributed by atoms with Crippen molar-refractivity contribution in [2.24, 2.45) is 0 Å². The summed E-state index contributed by atoms with van der Waals surface area (Å²) in [5.74, 6) is 0. The second-order valence-corrected chi connectivity index (χ2v) is 3.24. The van der Waals surface area contributed by atoms with Crippen LogP contribution in [-0.2, 0) is 6.54 Å². The molecule has 13 heavy (non-hydrogen) atoms. The molecule has 2 rings (SSSR count). The second-order valence-electron chi connectivity index (χ2n) is 3.24. The summed E-state index contributed by atoms with van der Waals surface area (Å²) in [6.45, 7) is 2.96. The Balaban J connectivity index is 2.53. The minimum atomic E-state index is 0.869. The Morgan fingerprint density at radius 2 is 2.38 bits per heavy atom. The number of aryl methyl sites for hydroxylation is 1. The van der Waals surface area contributed by atoms with Gasteiger partial charge >= 0.3 is 0 Å². The van der Waals surface area contributed by atoms with E-state index in [2.05, 4.69) is 28.3 Å². The van der Waals surface area contributed by atoms with Gasteiger partial charge < -0.3 is 10.3 Å². The van der Waals surface area contributed by atoms with E-state index in [0.29, 0.717) is 0 Å². The van der Waals surface area contributed by atoms with Gasteiger partial charge in [0.2, 0.25) is 0 Å². The normalized spacial score (nSPS) is 10.9. The van der Waals surface area contributed by atoms with Gasteiger partial charge in [0.25, 0.3) is 0 Å². The van der Waals surface area contributed by atoms with Crippen molar-refractivity contribution in [3.8, 4) is 0 Å². The SMILES string of the molecule is CNCc1cnc2[nH]cc(C)c2c1. The van der Waals surface area contributed by atoms with Crippen LogP contribution in [0.4, 0.5) is 0 Å². The molecule has 0 amide bonds. The van der Waals surface area contributed by atoms with Crippen molar-refractivity contribution in [1.29, 1.82) is 0 Å². The van der Waals surface area contributed by atoms with Crippen LogP contribution in [0.5, 0.6) is 0 Å². The molecule has 0 aromatic carbocycles. The predicted octanol–water partition coefficient (Wildman–Crippen LogP) is 1.59. The molecule has 0 fully saturated rings. The van der Waals surface area contributed by atoms with Crippen LogP contribution in [0.2, 0.25) is 0 Å². The number of rotatable bonds is 2. The average molecular weight is 175 g/mol. The Morgan fingerprint density at radius 1 is 1.54 bits per heavy atom. The molecule has 2 aromatic rings. The first-order chi connectivity index (χ1) is 6.31. The second kappa shape index (κ2) is 3.18. The van der Waals surface area contributed by atoms with Gasteiger partial charge in [-0.15, -0.1) is 0 Å². The Kier molecular flexibility index (Phi) is 2.02. The van der Waals surface area contributed by atoms with Crippen LogP contribution in [0, 0.1) is 6.92 Å². The summed E-state index contributed by atoms with van der Waals surface area (Å²) in [5.41, 5.74) is 3.44. The molecule has 0 saturated heterocycles. The summed E-state index contributed by atoms with van der Waals surface area (Å²) in [4.78, 5) is 7.45. The third-order valence-electron chi connectivity index (χ3n) is 2.18. The van der Waals surface area contributed by atoms with Crippen molar-refractivity contribution in [3.63, 3.8) is 0 Å². The number of aromatic amines is 1. The van der Waals surface area contributed by atoms with Crippen molar-refractivity contribution < 1.29 is 0 Å². The van der Waals surface area contributed by atoms with Gasteiger partial charge in [0, 0.05) is 24.3 Å². The molecule has 0 atom stereocenters. The lowest BCUT2D eigenvalue weighted by atomic mass is 10.2. The van der Waals surface area contributed by atoms with E-state index < -0.39 is 0 Å². The van der Waals surface area contributed by atoms with Crippen LogP contribution >= 0.6 is 0 Å². The Bertz CT molecular complexity index is 417. The quantitative estimate of drug-likeness (QED) is 0.727. The van der Waals surface area contributed by atoms with Crippen molar-refractivity contribution in [3.05, 3.63) is 29.6 Å². The third kappa shape index (κ3) is 1.42. The molecule has 0 unspecified atom stereocenters. The molecule has 2 heterocycles. The molecule has 0 aliphatic carbocycles. The standard InChI is InChI=1S/C10H13N3/c1-7-4-12-10-9(7)3-8(5-11-2)6-13-10/h3-4,6,11H,5H2,1-2H3,(H,12,13). The molecular formula is C10H13N3. The van der Waals surface area contributed by atoms with Gasteiger partial charge in [-0.25, -0.2) is 4.98 Å². The molecule has 2 N–H and O–H groups in total. The van der Waals surface area contributed by atoms with Gasteiger partial charge in [0.05, 0.1) is 0 Å². The first-order valence-electron chi connectivity index (χ1n) is 4.38. The number of hydrogen-bond acceptors (Lipinski definition) is 2. The first-order valence-corrected chi connectivity index (χ1v) is 4.38. The zero-order chi connectivity index (χ0) is 9.26. The lowest BCUT2D eigenvalue weighted by Crippen LogP contribution is -2.05. The van der Waals surface area contributed by atoms with Crippen molar-refractivity contribution >= 4 is 11.0 Å². The molecule has 0 radical (unpaired) electrons. The fourth-order valence-electron chi connectivity index (χ4n) is 1.48. The van der Waals surface area contributed by atoms with Crippen LogP contribution in [-0.4, -0.2) is 17.0 Å². The van der Waals surface area contributed by atoms with E-state index >= 15 is 0 Å². The molecule has 0 bridgehead atoms. The van der Waals surface area contributed by atoms with Gasteiger partial charge in [-0.1, -0.05) is 0 Å². The van der Waals surface area contributed by atoms with E-state index in [9.17, 15) is 0 Å². The molecule has 0 aliphatic rings. The highest BCUT2D eigenvalue weighted by Crippen LogP contribution is 2.16. The van der Waals surface area contributed by atoms with E-state index in [1.54, 1.807) is 0 Å². The number of hydrogen-bond donors (Lipinski definition) is 2. The summed E-state index contributed by atoms with van der Waals surface area (Å²) in [6, 6.07) is 2.17. The smallest absolute Gasteiger partial charge is 0.137 e. The maximum absolute atomic E-state index is 4.33. The van der Waals surface area contributed by atoms with Gasteiger partial charge in [-0.05, 0) is 31.2 Å². The van der Waals surface area contributed by atoms with Crippen molar-refractivity contribution in [2.45, 2.75) is 13.5 Å². The van der Waals surface area contributed by atoms with E-state index in [1.165, 1.54) is 16.5 Å². The first kappa shape index (κ1) is 8.26. The van der Waals surface area contributed by atoms with E-state index in [1.807, 2.05) is 19.4 Å². The monoisotopic (exact) mass is 175 g/mol. The minimum Gasteiger partial charge on any atom is -0.346 e.